The summed E-state index contributed by atoms with van der Waals surface area (Å²) in [5, 5.41) is 0. The van der Waals surface area contributed by atoms with E-state index in [0.29, 0.717) is 6.54 Å². The first-order valence-electron chi connectivity index (χ1n) is 7.69. The van der Waals surface area contributed by atoms with Crippen molar-refractivity contribution in [2.45, 2.75) is 32.9 Å². The van der Waals surface area contributed by atoms with E-state index in [0.717, 1.165) is 13.0 Å². The lowest BCUT2D eigenvalue weighted by molar-refractivity contribution is 0.241. The summed E-state index contributed by atoms with van der Waals surface area (Å²) in [7, 11) is 2.16. The highest BCUT2D eigenvalue weighted by Crippen LogP contribution is 2.24. The Balaban J connectivity index is 2.20. The topological polar surface area (TPSA) is 29.3 Å². The summed E-state index contributed by atoms with van der Waals surface area (Å²) in [6.45, 7) is 5.89. The van der Waals surface area contributed by atoms with Gasteiger partial charge in [0, 0.05) is 19.1 Å². The highest BCUT2D eigenvalue weighted by molar-refractivity contribution is 5.31. The Morgan fingerprint density at radius 2 is 1.86 bits per heavy atom. The molecule has 1 unspecified atom stereocenters. The average molecular weight is 282 g/mol. The second-order valence-electron chi connectivity index (χ2n) is 5.71. The third kappa shape index (κ3) is 3.93. The van der Waals surface area contributed by atoms with Crippen LogP contribution < -0.4 is 5.73 Å². The quantitative estimate of drug-likeness (QED) is 0.875. The molecule has 0 fully saturated rings. The Morgan fingerprint density at radius 3 is 2.52 bits per heavy atom. The lowest BCUT2D eigenvalue weighted by Crippen LogP contribution is -2.31. The van der Waals surface area contributed by atoms with Crippen LogP contribution in [-0.4, -0.2) is 18.5 Å². The van der Waals surface area contributed by atoms with Crippen molar-refractivity contribution in [2.75, 3.05) is 13.6 Å². The van der Waals surface area contributed by atoms with E-state index in [-0.39, 0.29) is 6.04 Å². The molecule has 2 nitrogen and oxygen atoms in total. The first-order valence-corrected chi connectivity index (χ1v) is 7.69. The normalized spacial score (nSPS) is 12.6. The van der Waals surface area contributed by atoms with Gasteiger partial charge in [-0.1, -0.05) is 61.0 Å². The summed E-state index contributed by atoms with van der Waals surface area (Å²) in [5.74, 6) is 0. The van der Waals surface area contributed by atoms with Crippen molar-refractivity contribution in [1.29, 1.82) is 0 Å². The Labute approximate surface area is 128 Å². The maximum atomic E-state index is 6.07. The van der Waals surface area contributed by atoms with Gasteiger partial charge < -0.3 is 5.73 Å². The van der Waals surface area contributed by atoms with E-state index in [2.05, 4.69) is 74.3 Å². The van der Waals surface area contributed by atoms with Crippen molar-refractivity contribution in [3.63, 3.8) is 0 Å². The Kier molecular flexibility index (Phi) is 5.54. The minimum absolute atomic E-state index is 0.265. The summed E-state index contributed by atoms with van der Waals surface area (Å²) < 4.78 is 0. The van der Waals surface area contributed by atoms with Gasteiger partial charge in [0.25, 0.3) is 0 Å². The fourth-order valence-corrected chi connectivity index (χ4v) is 2.93. The molecule has 0 aliphatic heterocycles. The molecular formula is C19H26N2. The lowest BCUT2D eigenvalue weighted by atomic mass is 9.97. The van der Waals surface area contributed by atoms with Gasteiger partial charge >= 0.3 is 0 Å². The van der Waals surface area contributed by atoms with Crippen molar-refractivity contribution >= 4 is 0 Å². The summed E-state index contributed by atoms with van der Waals surface area (Å²) >= 11 is 0. The van der Waals surface area contributed by atoms with Gasteiger partial charge in [-0.2, -0.15) is 0 Å². The minimum atomic E-state index is 0.265. The smallest absolute Gasteiger partial charge is 0.0473 e. The van der Waals surface area contributed by atoms with Gasteiger partial charge in [-0.05, 0) is 37.1 Å². The minimum Gasteiger partial charge on any atom is -0.329 e. The molecule has 0 bridgehead atoms. The molecule has 1 atom stereocenters. The molecule has 0 heterocycles. The van der Waals surface area contributed by atoms with E-state index >= 15 is 0 Å². The van der Waals surface area contributed by atoms with E-state index in [9.17, 15) is 0 Å². The van der Waals surface area contributed by atoms with Gasteiger partial charge in [0.15, 0.2) is 0 Å². The molecule has 0 amide bonds. The van der Waals surface area contributed by atoms with E-state index in [1.165, 1.54) is 22.3 Å². The van der Waals surface area contributed by atoms with E-state index in [1.54, 1.807) is 0 Å². The standard InChI is InChI=1S/C19H26N2/c1-4-17-10-5-6-11-18(17)19(13-20)21(3)14-16-9-7-8-15(2)12-16/h5-12,19H,4,13-14,20H2,1-3H3. The number of benzene rings is 2. The van der Waals surface area contributed by atoms with Crippen molar-refractivity contribution in [2.24, 2.45) is 5.73 Å². The van der Waals surface area contributed by atoms with Crippen LogP contribution in [0.25, 0.3) is 0 Å². The second-order valence-corrected chi connectivity index (χ2v) is 5.71. The first-order chi connectivity index (χ1) is 10.2. The zero-order valence-corrected chi connectivity index (χ0v) is 13.3. The zero-order valence-electron chi connectivity index (χ0n) is 13.3. The number of rotatable bonds is 6. The van der Waals surface area contributed by atoms with Crippen molar-refractivity contribution in [3.05, 3.63) is 70.8 Å². The summed E-state index contributed by atoms with van der Waals surface area (Å²) in [4.78, 5) is 2.35. The van der Waals surface area contributed by atoms with E-state index in [1.807, 2.05) is 0 Å². The SMILES string of the molecule is CCc1ccccc1C(CN)N(C)Cc1cccc(C)c1. The van der Waals surface area contributed by atoms with Gasteiger partial charge in [0.05, 0.1) is 0 Å². The molecule has 2 aromatic carbocycles. The maximum Gasteiger partial charge on any atom is 0.0473 e. The van der Waals surface area contributed by atoms with Crippen molar-refractivity contribution < 1.29 is 0 Å². The predicted octanol–water partition coefficient (Wildman–Crippen LogP) is 3.69. The van der Waals surface area contributed by atoms with Gasteiger partial charge in [0.2, 0.25) is 0 Å². The molecule has 21 heavy (non-hydrogen) atoms. The number of nitrogens with two attached hydrogens (primary N) is 1. The van der Waals surface area contributed by atoms with Gasteiger partial charge in [-0.15, -0.1) is 0 Å². The van der Waals surface area contributed by atoms with Gasteiger partial charge in [0.1, 0.15) is 0 Å². The summed E-state index contributed by atoms with van der Waals surface area (Å²) in [6, 6.07) is 17.6. The molecule has 112 valence electrons. The molecule has 2 N–H and O–H groups in total. The van der Waals surface area contributed by atoms with Crippen LogP contribution in [0, 0.1) is 6.92 Å². The largest absolute Gasteiger partial charge is 0.329 e. The van der Waals surface area contributed by atoms with Crippen LogP contribution in [-0.2, 0) is 13.0 Å². The van der Waals surface area contributed by atoms with Gasteiger partial charge in [-0.25, -0.2) is 0 Å². The van der Waals surface area contributed by atoms with Crippen LogP contribution in [0.1, 0.15) is 35.2 Å². The highest BCUT2D eigenvalue weighted by atomic mass is 15.1. The molecule has 0 aliphatic rings. The molecule has 0 saturated carbocycles. The van der Waals surface area contributed by atoms with Crippen LogP contribution in [0.3, 0.4) is 0 Å². The lowest BCUT2D eigenvalue weighted by Gasteiger charge is -2.29. The summed E-state index contributed by atoms with van der Waals surface area (Å²) in [6.07, 6.45) is 1.05. The predicted molar refractivity (Wildman–Crippen MR) is 90.3 cm³/mol. The third-order valence-electron chi connectivity index (χ3n) is 4.06. The van der Waals surface area contributed by atoms with Crippen LogP contribution in [0.5, 0.6) is 0 Å². The van der Waals surface area contributed by atoms with E-state index < -0.39 is 0 Å². The Bertz CT molecular complexity index is 577. The molecule has 2 heteroatoms. The number of likely N-dealkylation sites (N-methyl/N-ethyl adjacent to an activating group) is 1. The van der Waals surface area contributed by atoms with Crippen LogP contribution >= 0.6 is 0 Å². The molecular weight excluding hydrogens is 256 g/mol. The van der Waals surface area contributed by atoms with Gasteiger partial charge in [-0.3, -0.25) is 4.90 Å². The zero-order chi connectivity index (χ0) is 15.2. The Morgan fingerprint density at radius 1 is 1.10 bits per heavy atom. The van der Waals surface area contributed by atoms with Crippen molar-refractivity contribution in [1.82, 2.24) is 4.90 Å². The summed E-state index contributed by atoms with van der Waals surface area (Å²) in [5.41, 5.74) is 11.5. The van der Waals surface area contributed by atoms with Crippen LogP contribution in [0.2, 0.25) is 0 Å². The number of hydrogen-bond acceptors (Lipinski definition) is 2. The number of hydrogen-bond donors (Lipinski definition) is 1. The van der Waals surface area contributed by atoms with Crippen molar-refractivity contribution in [3.8, 4) is 0 Å². The molecule has 0 radical (unpaired) electrons. The molecule has 0 saturated heterocycles. The van der Waals surface area contributed by atoms with E-state index in [4.69, 9.17) is 5.73 Å². The molecule has 0 aromatic heterocycles. The Hall–Kier alpha value is -1.64. The average Bonchev–Trinajstić information content (AvgIpc) is 2.48. The second kappa shape index (κ2) is 7.39. The monoisotopic (exact) mass is 282 g/mol. The van der Waals surface area contributed by atoms with Crippen LogP contribution in [0.4, 0.5) is 0 Å². The fourth-order valence-electron chi connectivity index (χ4n) is 2.93. The highest BCUT2D eigenvalue weighted by Gasteiger charge is 2.18. The van der Waals surface area contributed by atoms with Crippen LogP contribution in [0.15, 0.2) is 48.5 Å². The molecule has 0 spiro atoms. The maximum absolute atomic E-state index is 6.07. The number of nitrogens with zero attached hydrogens (tertiary/aromatic N) is 1. The third-order valence-corrected chi connectivity index (χ3v) is 4.06. The number of aryl methyl sites for hydroxylation is 2. The molecule has 2 rings (SSSR count). The first kappa shape index (κ1) is 15.7. The molecule has 2 aromatic rings. The molecule has 0 aliphatic carbocycles. The fraction of sp³-hybridized carbons (Fsp3) is 0.368.